The van der Waals surface area contributed by atoms with Crippen molar-refractivity contribution in [2.75, 3.05) is 13.7 Å². The van der Waals surface area contributed by atoms with E-state index < -0.39 is 0 Å². The van der Waals surface area contributed by atoms with Gasteiger partial charge in [-0.1, -0.05) is 29.8 Å². The first kappa shape index (κ1) is 15.4. The molecule has 0 saturated carbocycles. The van der Waals surface area contributed by atoms with Gasteiger partial charge in [0, 0.05) is 18.2 Å². The second-order valence-electron chi connectivity index (χ2n) is 5.22. The third kappa shape index (κ3) is 5.10. The summed E-state index contributed by atoms with van der Waals surface area (Å²) in [4.78, 5) is 11.8. The predicted octanol–water partition coefficient (Wildman–Crippen LogP) is 3.72. The highest BCUT2D eigenvalue weighted by molar-refractivity contribution is 5.92. The minimum absolute atomic E-state index is 0.0580. The molecule has 0 saturated heterocycles. The molecule has 0 heterocycles. The Hall–Kier alpha value is -2.03. The van der Waals surface area contributed by atoms with Gasteiger partial charge in [0.05, 0.1) is 7.11 Å². The number of amides is 1. The van der Waals surface area contributed by atoms with Crippen molar-refractivity contribution in [3.05, 3.63) is 47.6 Å². The number of carbonyl (C=O) groups excluding carboxylic acids is 1. The molecule has 21 heavy (non-hydrogen) atoms. The summed E-state index contributed by atoms with van der Waals surface area (Å²) in [5, 5.41) is 2.93. The fourth-order valence-electron chi connectivity index (χ4n) is 2.51. The Kier molecular flexibility index (Phi) is 6.07. The zero-order valence-electron chi connectivity index (χ0n) is 12.6. The summed E-state index contributed by atoms with van der Waals surface area (Å²) in [7, 11) is 1.63. The van der Waals surface area contributed by atoms with Gasteiger partial charge in [-0.3, -0.25) is 4.79 Å². The molecule has 0 spiro atoms. The summed E-state index contributed by atoms with van der Waals surface area (Å²) in [6.07, 6.45) is 11.6. The summed E-state index contributed by atoms with van der Waals surface area (Å²) in [6, 6.07) is 7.65. The van der Waals surface area contributed by atoms with Crippen LogP contribution < -0.4 is 10.1 Å². The van der Waals surface area contributed by atoms with Crippen LogP contribution in [-0.4, -0.2) is 19.6 Å². The Morgan fingerprint density at radius 1 is 1.33 bits per heavy atom. The van der Waals surface area contributed by atoms with Crippen LogP contribution in [0.1, 0.15) is 37.7 Å². The number of ether oxygens (including phenoxy) is 1. The summed E-state index contributed by atoms with van der Waals surface area (Å²) in [6.45, 7) is 0.709. The van der Waals surface area contributed by atoms with Crippen LogP contribution in [0.15, 0.2) is 42.0 Å². The molecule has 0 bridgehead atoms. The first-order chi connectivity index (χ1) is 10.3. The number of methoxy groups -OCH3 is 1. The third-order valence-electron chi connectivity index (χ3n) is 3.68. The van der Waals surface area contributed by atoms with E-state index >= 15 is 0 Å². The molecule has 0 aliphatic heterocycles. The van der Waals surface area contributed by atoms with Crippen molar-refractivity contribution in [3.63, 3.8) is 0 Å². The van der Waals surface area contributed by atoms with Crippen molar-refractivity contribution in [1.82, 2.24) is 5.32 Å². The van der Waals surface area contributed by atoms with E-state index in [4.69, 9.17) is 4.74 Å². The highest BCUT2D eigenvalue weighted by atomic mass is 16.5. The molecule has 0 radical (unpaired) electrons. The molecule has 0 aromatic heterocycles. The molecule has 1 amide bonds. The second kappa shape index (κ2) is 8.30. The Balaban J connectivity index is 1.78. The van der Waals surface area contributed by atoms with Crippen molar-refractivity contribution in [1.29, 1.82) is 0 Å². The van der Waals surface area contributed by atoms with Crippen LogP contribution >= 0.6 is 0 Å². The van der Waals surface area contributed by atoms with E-state index in [1.54, 1.807) is 19.3 Å². The maximum atomic E-state index is 11.8. The zero-order chi connectivity index (χ0) is 14.9. The first-order valence-electron chi connectivity index (χ1n) is 7.56. The van der Waals surface area contributed by atoms with Crippen LogP contribution in [0.3, 0.4) is 0 Å². The maximum absolute atomic E-state index is 11.8. The monoisotopic (exact) mass is 285 g/mol. The largest absolute Gasteiger partial charge is 0.496 e. The van der Waals surface area contributed by atoms with Crippen molar-refractivity contribution in [3.8, 4) is 5.75 Å². The summed E-state index contributed by atoms with van der Waals surface area (Å²) in [5.74, 6) is 0.714. The van der Waals surface area contributed by atoms with Crippen LogP contribution in [0.5, 0.6) is 5.75 Å². The summed E-state index contributed by atoms with van der Waals surface area (Å²) >= 11 is 0. The molecule has 0 unspecified atom stereocenters. The highest BCUT2D eigenvalue weighted by Gasteiger charge is 2.04. The second-order valence-corrected chi connectivity index (χ2v) is 5.22. The van der Waals surface area contributed by atoms with E-state index in [2.05, 4.69) is 11.4 Å². The van der Waals surface area contributed by atoms with Gasteiger partial charge < -0.3 is 10.1 Å². The van der Waals surface area contributed by atoms with E-state index in [1.807, 2.05) is 24.3 Å². The Morgan fingerprint density at radius 2 is 2.19 bits per heavy atom. The Morgan fingerprint density at radius 3 is 2.95 bits per heavy atom. The van der Waals surface area contributed by atoms with Gasteiger partial charge in [0.1, 0.15) is 5.75 Å². The molecular formula is C18H23NO2. The number of nitrogens with one attached hydrogen (secondary N) is 1. The maximum Gasteiger partial charge on any atom is 0.244 e. The first-order valence-corrected chi connectivity index (χ1v) is 7.56. The lowest BCUT2D eigenvalue weighted by atomic mass is 9.97. The zero-order valence-corrected chi connectivity index (χ0v) is 12.6. The standard InChI is InChI=1S/C18H23NO2/c1-21-17-10-6-5-9-16(17)11-12-18(20)19-14-13-15-7-3-2-4-8-15/h5-7,9-12H,2-4,8,13-14H2,1H3,(H,19,20)/b12-11+. The van der Waals surface area contributed by atoms with Crippen LogP contribution in [0.25, 0.3) is 6.08 Å². The van der Waals surface area contributed by atoms with Crippen molar-refractivity contribution in [2.24, 2.45) is 0 Å². The third-order valence-corrected chi connectivity index (χ3v) is 3.68. The van der Waals surface area contributed by atoms with Crippen molar-refractivity contribution in [2.45, 2.75) is 32.1 Å². The SMILES string of the molecule is COc1ccccc1/C=C/C(=O)NCCC1=CCCCC1. The van der Waals surface area contributed by atoms with E-state index in [1.165, 1.54) is 31.3 Å². The van der Waals surface area contributed by atoms with Crippen LogP contribution in [0.4, 0.5) is 0 Å². The minimum Gasteiger partial charge on any atom is -0.496 e. The molecule has 112 valence electrons. The van der Waals surface area contributed by atoms with Crippen LogP contribution in [0.2, 0.25) is 0 Å². The molecular weight excluding hydrogens is 262 g/mol. The van der Waals surface area contributed by atoms with Gasteiger partial charge in [-0.2, -0.15) is 0 Å². The molecule has 0 atom stereocenters. The normalized spacial score (nSPS) is 14.8. The predicted molar refractivity (Wildman–Crippen MR) is 86.2 cm³/mol. The summed E-state index contributed by atoms with van der Waals surface area (Å²) in [5.41, 5.74) is 2.39. The number of benzene rings is 1. The molecule has 0 fully saturated rings. The topological polar surface area (TPSA) is 38.3 Å². The number of hydrogen-bond acceptors (Lipinski definition) is 2. The molecule has 1 N–H and O–H groups in total. The van der Waals surface area contributed by atoms with Gasteiger partial charge in [-0.05, 0) is 44.2 Å². The van der Waals surface area contributed by atoms with Crippen molar-refractivity contribution < 1.29 is 9.53 Å². The van der Waals surface area contributed by atoms with Gasteiger partial charge in [0.25, 0.3) is 0 Å². The quantitative estimate of drug-likeness (QED) is 0.639. The van der Waals surface area contributed by atoms with Crippen LogP contribution in [0, 0.1) is 0 Å². The molecule has 3 heteroatoms. The smallest absolute Gasteiger partial charge is 0.244 e. The molecule has 1 aliphatic rings. The highest BCUT2D eigenvalue weighted by Crippen LogP contribution is 2.20. The van der Waals surface area contributed by atoms with Crippen LogP contribution in [-0.2, 0) is 4.79 Å². The molecule has 2 rings (SSSR count). The van der Waals surface area contributed by atoms with Gasteiger partial charge >= 0.3 is 0 Å². The fourth-order valence-corrected chi connectivity index (χ4v) is 2.51. The van der Waals surface area contributed by atoms with Gasteiger partial charge in [-0.15, -0.1) is 0 Å². The van der Waals surface area contributed by atoms with Gasteiger partial charge in [0.2, 0.25) is 5.91 Å². The van der Waals surface area contributed by atoms with E-state index in [9.17, 15) is 4.79 Å². The lowest BCUT2D eigenvalue weighted by Crippen LogP contribution is -2.22. The van der Waals surface area contributed by atoms with Crippen molar-refractivity contribution >= 4 is 12.0 Å². The molecule has 3 nitrogen and oxygen atoms in total. The number of carbonyl (C=O) groups is 1. The number of para-hydroxylation sites is 1. The fraction of sp³-hybridized carbons (Fsp3) is 0.389. The number of allylic oxidation sites excluding steroid dienone is 1. The Labute approximate surface area is 126 Å². The minimum atomic E-state index is -0.0580. The van der Waals surface area contributed by atoms with Gasteiger partial charge in [-0.25, -0.2) is 0 Å². The summed E-state index contributed by atoms with van der Waals surface area (Å²) < 4.78 is 5.25. The number of rotatable bonds is 6. The van der Waals surface area contributed by atoms with Gasteiger partial charge in [0.15, 0.2) is 0 Å². The molecule has 1 aromatic carbocycles. The van der Waals surface area contributed by atoms with E-state index in [0.717, 1.165) is 17.7 Å². The lowest BCUT2D eigenvalue weighted by molar-refractivity contribution is -0.116. The van der Waals surface area contributed by atoms with E-state index in [0.29, 0.717) is 6.54 Å². The average Bonchev–Trinajstić information content (AvgIpc) is 2.54. The van der Waals surface area contributed by atoms with E-state index in [-0.39, 0.29) is 5.91 Å². The number of hydrogen-bond donors (Lipinski definition) is 1. The lowest BCUT2D eigenvalue weighted by Gasteiger charge is -2.12. The Bertz CT molecular complexity index is 532. The molecule has 1 aromatic rings. The average molecular weight is 285 g/mol. The molecule has 1 aliphatic carbocycles.